The van der Waals surface area contributed by atoms with Crippen molar-refractivity contribution >= 4 is 11.0 Å². The van der Waals surface area contributed by atoms with E-state index in [0.717, 1.165) is 30.7 Å². The van der Waals surface area contributed by atoms with Gasteiger partial charge in [-0.25, -0.2) is 0 Å². The third kappa shape index (κ3) is 1.90. The van der Waals surface area contributed by atoms with Gasteiger partial charge in [-0.2, -0.15) is 0 Å². The van der Waals surface area contributed by atoms with E-state index in [0.29, 0.717) is 0 Å². The summed E-state index contributed by atoms with van der Waals surface area (Å²) in [7, 11) is 0. The smallest absolute Gasteiger partial charge is 0.134 e. The largest absolute Gasteiger partial charge is 0.461 e. The predicted molar refractivity (Wildman–Crippen MR) is 63.1 cm³/mol. The zero-order valence-electron chi connectivity index (χ0n) is 9.34. The maximum absolute atomic E-state index is 5.83. The lowest BCUT2D eigenvalue weighted by molar-refractivity contribution is 0.536. The molecular formula is C13H17NO. The maximum Gasteiger partial charge on any atom is 0.134 e. The van der Waals surface area contributed by atoms with Crippen molar-refractivity contribution in [2.75, 3.05) is 6.54 Å². The van der Waals surface area contributed by atoms with E-state index in [2.05, 4.69) is 32.0 Å². The van der Waals surface area contributed by atoms with Crippen LogP contribution in [0.5, 0.6) is 0 Å². The van der Waals surface area contributed by atoms with Gasteiger partial charge in [0.2, 0.25) is 0 Å². The third-order valence-corrected chi connectivity index (χ3v) is 2.80. The van der Waals surface area contributed by atoms with Crippen molar-refractivity contribution in [3.8, 4) is 0 Å². The minimum absolute atomic E-state index is 0.718. The topological polar surface area (TPSA) is 39.2 Å². The van der Waals surface area contributed by atoms with Gasteiger partial charge in [0.1, 0.15) is 11.3 Å². The molecule has 0 saturated heterocycles. The molecule has 0 saturated carbocycles. The van der Waals surface area contributed by atoms with Crippen molar-refractivity contribution in [1.82, 2.24) is 0 Å². The summed E-state index contributed by atoms with van der Waals surface area (Å²) in [5.41, 5.74) is 9.00. The summed E-state index contributed by atoms with van der Waals surface area (Å²) in [6, 6.07) is 6.35. The molecule has 2 heteroatoms. The second-order valence-electron chi connectivity index (χ2n) is 4.04. The minimum atomic E-state index is 0.718. The molecule has 1 aromatic heterocycles. The lowest BCUT2D eigenvalue weighted by atomic mass is 10.1. The van der Waals surface area contributed by atoms with E-state index in [1.165, 1.54) is 16.5 Å². The number of aryl methyl sites for hydroxylation is 3. The molecule has 2 nitrogen and oxygen atoms in total. The quantitative estimate of drug-likeness (QED) is 0.833. The fourth-order valence-corrected chi connectivity index (χ4v) is 1.88. The zero-order valence-corrected chi connectivity index (χ0v) is 9.34. The molecule has 2 aromatic rings. The summed E-state index contributed by atoms with van der Waals surface area (Å²) in [6.07, 6.45) is 1.93. The molecule has 0 unspecified atom stereocenters. The molecule has 0 aliphatic rings. The zero-order chi connectivity index (χ0) is 10.8. The van der Waals surface area contributed by atoms with Gasteiger partial charge in [0, 0.05) is 11.8 Å². The van der Waals surface area contributed by atoms with Gasteiger partial charge in [0.15, 0.2) is 0 Å². The molecule has 0 aliphatic carbocycles. The number of nitrogens with two attached hydrogens (primary N) is 1. The predicted octanol–water partition coefficient (Wildman–Crippen LogP) is 2.94. The highest BCUT2D eigenvalue weighted by atomic mass is 16.3. The van der Waals surface area contributed by atoms with Gasteiger partial charge < -0.3 is 10.2 Å². The molecule has 2 rings (SSSR count). The van der Waals surface area contributed by atoms with Crippen molar-refractivity contribution < 1.29 is 4.42 Å². The molecule has 0 amide bonds. The Morgan fingerprint density at radius 3 is 2.80 bits per heavy atom. The second kappa shape index (κ2) is 4.07. The van der Waals surface area contributed by atoms with Gasteiger partial charge in [0.25, 0.3) is 0 Å². The van der Waals surface area contributed by atoms with Gasteiger partial charge in [0.05, 0.1) is 0 Å². The molecule has 1 aromatic carbocycles. The van der Waals surface area contributed by atoms with Crippen LogP contribution < -0.4 is 5.73 Å². The number of benzene rings is 1. The lowest BCUT2D eigenvalue weighted by Gasteiger charge is -1.95. The Hall–Kier alpha value is -1.28. The van der Waals surface area contributed by atoms with Gasteiger partial charge in [-0.15, -0.1) is 0 Å². The van der Waals surface area contributed by atoms with Crippen LogP contribution in [0.3, 0.4) is 0 Å². The van der Waals surface area contributed by atoms with Crippen LogP contribution in [0.2, 0.25) is 0 Å². The molecule has 0 radical (unpaired) electrons. The molecule has 0 atom stereocenters. The van der Waals surface area contributed by atoms with E-state index in [-0.39, 0.29) is 0 Å². The van der Waals surface area contributed by atoms with Gasteiger partial charge >= 0.3 is 0 Å². The lowest BCUT2D eigenvalue weighted by Crippen LogP contribution is -2.00. The molecule has 0 spiro atoms. The Labute approximate surface area is 90.1 Å². The highest BCUT2D eigenvalue weighted by molar-refractivity contribution is 5.82. The van der Waals surface area contributed by atoms with Gasteiger partial charge in [-0.05, 0) is 44.0 Å². The molecule has 0 aliphatic heterocycles. The average molecular weight is 203 g/mol. The molecule has 15 heavy (non-hydrogen) atoms. The molecule has 0 bridgehead atoms. The molecule has 2 N–H and O–H groups in total. The van der Waals surface area contributed by atoms with E-state index in [4.69, 9.17) is 10.2 Å². The third-order valence-electron chi connectivity index (χ3n) is 2.80. The molecule has 80 valence electrons. The first-order valence-electron chi connectivity index (χ1n) is 5.41. The molecule has 0 fully saturated rings. The standard InChI is InChI=1S/C13H17NO/c1-9-5-6-11-10(2)12(4-3-7-14)15-13(11)8-9/h5-6,8H,3-4,7,14H2,1-2H3. The average Bonchev–Trinajstić information content (AvgIpc) is 2.52. The van der Waals surface area contributed by atoms with E-state index in [1.54, 1.807) is 0 Å². The highest BCUT2D eigenvalue weighted by Gasteiger charge is 2.09. The first-order chi connectivity index (χ1) is 7.22. The summed E-state index contributed by atoms with van der Waals surface area (Å²) in [5, 5.41) is 1.23. The van der Waals surface area contributed by atoms with Crippen LogP contribution in [0.25, 0.3) is 11.0 Å². The van der Waals surface area contributed by atoms with Crippen molar-refractivity contribution in [3.63, 3.8) is 0 Å². The minimum Gasteiger partial charge on any atom is -0.461 e. The molecular weight excluding hydrogens is 186 g/mol. The molecule has 1 heterocycles. The Morgan fingerprint density at radius 2 is 2.07 bits per heavy atom. The van der Waals surface area contributed by atoms with Crippen molar-refractivity contribution in [2.24, 2.45) is 5.73 Å². The maximum atomic E-state index is 5.83. The summed E-state index contributed by atoms with van der Waals surface area (Å²) >= 11 is 0. The van der Waals surface area contributed by atoms with Crippen molar-refractivity contribution in [3.05, 3.63) is 35.1 Å². The normalized spacial score (nSPS) is 11.1. The summed E-state index contributed by atoms with van der Waals surface area (Å²) in [6.45, 7) is 4.92. The Bertz CT molecular complexity index is 471. The van der Waals surface area contributed by atoms with Crippen LogP contribution >= 0.6 is 0 Å². The summed E-state index contributed by atoms with van der Waals surface area (Å²) in [5.74, 6) is 1.08. The van der Waals surface area contributed by atoms with Gasteiger partial charge in [-0.1, -0.05) is 12.1 Å². The van der Waals surface area contributed by atoms with Crippen LogP contribution in [0.15, 0.2) is 22.6 Å². The number of rotatable bonds is 3. The fourth-order valence-electron chi connectivity index (χ4n) is 1.88. The SMILES string of the molecule is Cc1ccc2c(C)c(CCCN)oc2c1. The van der Waals surface area contributed by atoms with Crippen molar-refractivity contribution in [1.29, 1.82) is 0 Å². The van der Waals surface area contributed by atoms with E-state index >= 15 is 0 Å². The van der Waals surface area contributed by atoms with E-state index < -0.39 is 0 Å². The number of fused-ring (bicyclic) bond motifs is 1. The van der Waals surface area contributed by atoms with Crippen molar-refractivity contribution in [2.45, 2.75) is 26.7 Å². The Morgan fingerprint density at radius 1 is 1.27 bits per heavy atom. The number of hydrogen-bond donors (Lipinski definition) is 1. The summed E-state index contributed by atoms with van der Waals surface area (Å²) < 4.78 is 5.83. The van der Waals surface area contributed by atoms with Crippen LogP contribution in [-0.2, 0) is 6.42 Å². The van der Waals surface area contributed by atoms with Crippen LogP contribution in [-0.4, -0.2) is 6.54 Å². The summed E-state index contributed by atoms with van der Waals surface area (Å²) in [4.78, 5) is 0. The second-order valence-corrected chi connectivity index (χ2v) is 4.04. The van der Waals surface area contributed by atoms with Crippen LogP contribution in [0.4, 0.5) is 0 Å². The van der Waals surface area contributed by atoms with Crippen LogP contribution in [0.1, 0.15) is 23.3 Å². The first-order valence-corrected chi connectivity index (χ1v) is 5.41. The van der Waals surface area contributed by atoms with E-state index in [1.807, 2.05) is 0 Å². The Kier molecular flexibility index (Phi) is 2.78. The van der Waals surface area contributed by atoms with Crippen LogP contribution in [0, 0.1) is 13.8 Å². The monoisotopic (exact) mass is 203 g/mol. The fraction of sp³-hybridized carbons (Fsp3) is 0.385. The van der Waals surface area contributed by atoms with E-state index in [9.17, 15) is 0 Å². The highest BCUT2D eigenvalue weighted by Crippen LogP contribution is 2.26. The number of hydrogen-bond acceptors (Lipinski definition) is 2. The first kappa shape index (κ1) is 10.2. The van der Waals surface area contributed by atoms with Gasteiger partial charge in [-0.3, -0.25) is 0 Å². The Balaban J connectivity index is 2.44. The number of furan rings is 1.